The Balaban J connectivity index is 2.21. The first-order valence-corrected chi connectivity index (χ1v) is 9.26. The summed E-state index contributed by atoms with van der Waals surface area (Å²) in [5, 5.41) is 9.24. The van der Waals surface area contributed by atoms with Crippen LogP contribution >= 0.6 is 0 Å². The van der Waals surface area contributed by atoms with Crippen LogP contribution in [-0.4, -0.2) is 76.3 Å². The summed E-state index contributed by atoms with van der Waals surface area (Å²) >= 11 is 0. The number of nitrogens with one attached hydrogen (secondary N) is 3. The number of likely N-dealkylation sites (tertiary alicyclic amines) is 1. The minimum atomic E-state index is -0.0891. The first kappa shape index (κ1) is 20.7. The molecular weight excluding hydrogens is 306 g/mol. The van der Waals surface area contributed by atoms with E-state index >= 15 is 0 Å². The molecule has 7 nitrogen and oxygen atoms in total. The quantitative estimate of drug-likeness (QED) is 0.308. The lowest BCUT2D eigenvalue weighted by Crippen LogP contribution is -2.40. The number of nitrogens with zero attached hydrogens (tertiary/aromatic N) is 2. The van der Waals surface area contributed by atoms with E-state index < -0.39 is 0 Å². The number of carbonyl (C=O) groups excluding carboxylic acids is 1. The Morgan fingerprint density at radius 1 is 1.08 bits per heavy atom. The van der Waals surface area contributed by atoms with Gasteiger partial charge >= 0.3 is 0 Å². The van der Waals surface area contributed by atoms with E-state index in [4.69, 9.17) is 4.74 Å². The topological polar surface area (TPSA) is 78.0 Å². The van der Waals surface area contributed by atoms with Gasteiger partial charge in [0.1, 0.15) is 6.54 Å². The molecule has 1 amide bonds. The van der Waals surface area contributed by atoms with E-state index in [9.17, 15) is 4.79 Å². The van der Waals surface area contributed by atoms with Crippen LogP contribution in [0.4, 0.5) is 0 Å². The Morgan fingerprint density at radius 2 is 1.83 bits per heavy atom. The van der Waals surface area contributed by atoms with Crippen molar-refractivity contribution >= 4 is 11.9 Å². The average Bonchev–Trinajstić information content (AvgIpc) is 2.85. The molecule has 1 aliphatic heterocycles. The highest BCUT2D eigenvalue weighted by atomic mass is 16.5. The molecule has 0 bridgehead atoms. The van der Waals surface area contributed by atoms with Gasteiger partial charge in [-0.2, -0.15) is 0 Å². The van der Waals surface area contributed by atoms with E-state index in [1.807, 2.05) is 6.92 Å². The zero-order chi connectivity index (χ0) is 17.5. The number of guanidine groups is 1. The molecule has 0 aromatic carbocycles. The SMILES string of the molecule is CCNC(=NCC(=O)NCCOC)NCCCN1CCCCCC1. The summed E-state index contributed by atoms with van der Waals surface area (Å²) in [5.74, 6) is 0.615. The minimum Gasteiger partial charge on any atom is -0.383 e. The molecule has 0 spiro atoms. The highest BCUT2D eigenvalue weighted by molar-refractivity contribution is 5.84. The number of carbonyl (C=O) groups is 1. The van der Waals surface area contributed by atoms with Crippen molar-refractivity contribution in [3.63, 3.8) is 0 Å². The van der Waals surface area contributed by atoms with E-state index in [0.29, 0.717) is 19.1 Å². The van der Waals surface area contributed by atoms with Gasteiger partial charge in [-0.3, -0.25) is 4.79 Å². The summed E-state index contributed by atoms with van der Waals surface area (Å²) in [6.45, 7) is 8.43. The maximum absolute atomic E-state index is 11.7. The van der Waals surface area contributed by atoms with Crippen molar-refractivity contribution in [1.29, 1.82) is 0 Å². The summed E-state index contributed by atoms with van der Waals surface area (Å²) < 4.78 is 4.90. The number of hydrogen-bond acceptors (Lipinski definition) is 4. The number of ether oxygens (including phenoxy) is 1. The molecule has 0 unspecified atom stereocenters. The van der Waals surface area contributed by atoms with Crippen LogP contribution in [0, 0.1) is 0 Å². The lowest BCUT2D eigenvalue weighted by atomic mass is 10.2. The molecule has 1 heterocycles. The average molecular weight is 342 g/mol. The number of rotatable bonds is 10. The maximum Gasteiger partial charge on any atom is 0.241 e. The van der Waals surface area contributed by atoms with Crippen LogP contribution in [0.25, 0.3) is 0 Å². The van der Waals surface area contributed by atoms with Crippen molar-refractivity contribution in [2.24, 2.45) is 4.99 Å². The van der Waals surface area contributed by atoms with E-state index in [-0.39, 0.29) is 12.5 Å². The molecule has 0 aromatic heterocycles. The molecule has 7 heteroatoms. The van der Waals surface area contributed by atoms with Gasteiger partial charge in [-0.05, 0) is 45.8 Å². The highest BCUT2D eigenvalue weighted by Gasteiger charge is 2.08. The second-order valence-corrected chi connectivity index (χ2v) is 6.07. The molecule has 0 atom stereocenters. The summed E-state index contributed by atoms with van der Waals surface area (Å²) in [5.41, 5.74) is 0. The predicted molar refractivity (Wildman–Crippen MR) is 98.4 cm³/mol. The summed E-state index contributed by atoms with van der Waals surface area (Å²) in [4.78, 5) is 18.5. The molecule has 1 aliphatic rings. The number of aliphatic imine (C=N–C) groups is 1. The smallest absolute Gasteiger partial charge is 0.241 e. The predicted octanol–water partition coefficient (Wildman–Crippen LogP) is 0.570. The third-order valence-electron chi connectivity index (χ3n) is 4.00. The van der Waals surface area contributed by atoms with Gasteiger partial charge < -0.3 is 25.6 Å². The second-order valence-electron chi connectivity index (χ2n) is 6.07. The zero-order valence-electron chi connectivity index (χ0n) is 15.4. The fraction of sp³-hybridized carbons (Fsp3) is 0.882. The Kier molecular flexibility index (Phi) is 12.1. The molecule has 24 heavy (non-hydrogen) atoms. The van der Waals surface area contributed by atoms with Gasteiger partial charge in [0.2, 0.25) is 5.91 Å². The van der Waals surface area contributed by atoms with Gasteiger partial charge in [0, 0.05) is 26.7 Å². The molecule has 0 aliphatic carbocycles. The van der Waals surface area contributed by atoms with Crippen LogP contribution < -0.4 is 16.0 Å². The Hall–Kier alpha value is -1.34. The highest BCUT2D eigenvalue weighted by Crippen LogP contribution is 2.09. The van der Waals surface area contributed by atoms with Crippen molar-refractivity contribution in [2.75, 3.05) is 59.5 Å². The first-order valence-electron chi connectivity index (χ1n) is 9.26. The standard InChI is InChI=1S/C17H35N5O2/c1-3-18-17(21-15-16(23)19-10-14-24-2)20-9-8-13-22-11-6-4-5-7-12-22/h3-15H2,1-2H3,(H,19,23)(H2,18,20,21). The van der Waals surface area contributed by atoms with Gasteiger partial charge in [0.15, 0.2) is 5.96 Å². The summed E-state index contributed by atoms with van der Waals surface area (Å²) in [6.07, 6.45) is 6.49. The van der Waals surface area contributed by atoms with E-state index in [0.717, 1.165) is 26.1 Å². The molecule has 140 valence electrons. The number of methoxy groups -OCH3 is 1. The monoisotopic (exact) mass is 341 g/mol. The molecule has 0 saturated carbocycles. The molecule has 1 fully saturated rings. The fourth-order valence-corrected chi connectivity index (χ4v) is 2.71. The molecule has 1 saturated heterocycles. The van der Waals surface area contributed by atoms with Crippen molar-refractivity contribution in [2.45, 2.75) is 39.0 Å². The third kappa shape index (κ3) is 10.4. The van der Waals surface area contributed by atoms with E-state index in [1.165, 1.54) is 38.8 Å². The maximum atomic E-state index is 11.7. The van der Waals surface area contributed by atoms with Crippen molar-refractivity contribution < 1.29 is 9.53 Å². The molecule has 3 N–H and O–H groups in total. The third-order valence-corrected chi connectivity index (χ3v) is 4.00. The van der Waals surface area contributed by atoms with E-state index in [1.54, 1.807) is 7.11 Å². The van der Waals surface area contributed by atoms with Crippen LogP contribution in [0.1, 0.15) is 39.0 Å². The Bertz CT molecular complexity index is 355. The lowest BCUT2D eigenvalue weighted by molar-refractivity contribution is -0.119. The second kappa shape index (κ2) is 14.0. The van der Waals surface area contributed by atoms with Crippen LogP contribution in [0.3, 0.4) is 0 Å². The summed E-state index contributed by atoms with van der Waals surface area (Å²) in [6, 6.07) is 0. The van der Waals surface area contributed by atoms with Gasteiger partial charge in [-0.1, -0.05) is 12.8 Å². The van der Waals surface area contributed by atoms with E-state index in [2.05, 4.69) is 25.8 Å². The van der Waals surface area contributed by atoms with Crippen LogP contribution in [0.2, 0.25) is 0 Å². The molecule has 1 rings (SSSR count). The van der Waals surface area contributed by atoms with Gasteiger partial charge in [-0.25, -0.2) is 4.99 Å². The van der Waals surface area contributed by atoms with Crippen molar-refractivity contribution in [1.82, 2.24) is 20.9 Å². The largest absolute Gasteiger partial charge is 0.383 e. The van der Waals surface area contributed by atoms with Crippen molar-refractivity contribution in [3.8, 4) is 0 Å². The zero-order valence-corrected chi connectivity index (χ0v) is 15.4. The van der Waals surface area contributed by atoms with Crippen LogP contribution in [0.5, 0.6) is 0 Å². The minimum absolute atomic E-state index is 0.0891. The first-order chi connectivity index (χ1) is 11.8. The van der Waals surface area contributed by atoms with Crippen LogP contribution in [-0.2, 0) is 9.53 Å². The Labute approximate surface area is 146 Å². The number of hydrogen-bond donors (Lipinski definition) is 3. The molecule has 0 radical (unpaired) electrons. The molecular formula is C17H35N5O2. The van der Waals surface area contributed by atoms with Gasteiger partial charge in [-0.15, -0.1) is 0 Å². The van der Waals surface area contributed by atoms with Gasteiger partial charge in [0.05, 0.1) is 6.61 Å². The summed E-state index contributed by atoms with van der Waals surface area (Å²) in [7, 11) is 1.61. The normalized spacial score (nSPS) is 16.5. The van der Waals surface area contributed by atoms with Crippen LogP contribution in [0.15, 0.2) is 4.99 Å². The molecule has 0 aromatic rings. The number of amides is 1. The lowest BCUT2D eigenvalue weighted by Gasteiger charge is -2.20. The van der Waals surface area contributed by atoms with Gasteiger partial charge in [0.25, 0.3) is 0 Å². The fourth-order valence-electron chi connectivity index (χ4n) is 2.71. The Morgan fingerprint density at radius 3 is 2.50 bits per heavy atom. The van der Waals surface area contributed by atoms with Crippen molar-refractivity contribution in [3.05, 3.63) is 0 Å².